The first-order valence-electron chi connectivity index (χ1n) is 10.8. The highest BCUT2D eigenvalue weighted by Crippen LogP contribution is 2.35. The van der Waals surface area contributed by atoms with Crippen molar-refractivity contribution in [3.05, 3.63) is 71.0 Å². The van der Waals surface area contributed by atoms with Gasteiger partial charge in [0.05, 0.1) is 25.2 Å². The van der Waals surface area contributed by atoms with Crippen LogP contribution in [0.2, 0.25) is 0 Å². The topological polar surface area (TPSA) is 61.9 Å². The first-order valence-corrected chi connectivity index (χ1v) is 10.8. The molecule has 2 amide bonds. The molecular weight excluding hydrogens is 397 g/mol. The van der Waals surface area contributed by atoms with Crippen molar-refractivity contribution in [2.45, 2.75) is 25.8 Å². The van der Waals surface area contributed by atoms with Gasteiger partial charge in [-0.05, 0) is 49.6 Å². The summed E-state index contributed by atoms with van der Waals surface area (Å²) in [5.41, 5.74) is 5.59. The van der Waals surface area contributed by atoms with E-state index in [0.717, 1.165) is 11.1 Å². The molecule has 31 heavy (non-hydrogen) atoms. The van der Waals surface area contributed by atoms with Crippen molar-refractivity contribution in [1.29, 1.82) is 0 Å². The van der Waals surface area contributed by atoms with Crippen molar-refractivity contribution in [3.8, 4) is 0 Å². The zero-order chi connectivity index (χ0) is 21.8. The normalized spacial score (nSPS) is 22.2. The molecule has 0 aliphatic carbocycles. The Bertz CT molecular complexity index is 928. The molecule has 0 spiro atoms. The molecule has 2 aliphatic heterocycles. The highest BCUT2D eigenvalue weighted by Gasteiger charge is 2.36. The molecule has 2 fully saturated rings. The number of nitrogens with one attached hydrogen (secondary N) is 1. The van der Waals surface area contributed by atoms with E-state index in [4.69, 9.17) is 4.74 Å². The zero-order valence-electron chi connectivity index (χ0n) is 17.7. The number of halogens is 1. The molecule has 2 aromatic rings. The van der Waals surface area contributed by atoms with Crippen LogP contribution in [0.25, 0.3) is 0 Å². The first-order chi connectivity index (χ1) is 15.0. The van der Waals surface area contributed by atoms with Crippen LogP contribution in [0.1, 0.15) is 40.4 Å². The number of morpholine rings is 1. The van der Waals surface area contributed by atoms with Gasteiger partial charge in [0.15, 0.2) is 0 Å². The van der Waals surface area contributed by atoms with E-state index in [1.54, 1.807) is 4.90 Å². The maximum absolute atomic E-state index is 13.4. The third kappa shape index (κ3) is 5.11. The Morgan fingerprint density at radius 2 is 1.81 bits per heavy atom. The number of hydrogen-bond donors (Lipinski definition) is 1. The smallest absolute Gasteiger partial charge is 0.254 e. The van der Waals surface area contributed by atoms with Crippen LogP contribution in [0, 0.1) is 18.7 Å². The van der Waals surface area contributed by atoms with Crippen molar-refractivity contribution in [2.75, 3.05) is 32.8 Å². The number of nitrogens with zero attached hydrogens (tertiary/aromatic N) is 2. The minimum atomic E-state index is -0.381. The summed E-state index contributed by atoms with van der Waals surface area (Å²) in [5, 5.41) is 1.88. The Morgan fingerprint density at radius 1 is 1.06 bits per heavy atom. The molecule has 0 saturated carbocycles. The number of carbonyl (C=O) groups is 2. The van der Waals surface area contributed by atoms with E-state index in [0.29, 0.717) is 51.3 Å². The third-order valence-electron chi connectivity index (χ3n) is 6.01. The molecule has 2 aromatic carbocycles. The fourth-order valence-corrected chi connectivity index (χ4v) is 4.31. The molecule has 7 heteroatoms. The molecule has 4 rings (SSSR count). The highest BCUT2D eigenvalue weighted by molar-refractivity contribution is 5.95. The van der Waals surface area contributed by atoms with Gasteiger partial charge in [-0.1, -0.05) is 29.8 Å². The maximum Gasteiger partial charge on any atom is 0.254 e. The van der Waals surface area contributed by atoms with Crippen LogP contribution in [0.3, 0.4) is 0 Å². The largest absolute Gasteiger partial charge is 0.379 e. The molecule has 0 bridgehead atoms. The van der Waals surface area contributed by atoms with E-state index < -0.39 is 0 Å². The third-order valence-corrected chi connectivity index (χ3v) is 6.01. The quantitative estimate of drug-likeness (QED) is 0.818. The second kappa shape index (κ2) is 9.58. The molecule has 0 aromatic heterocycles. The maximum atomic E-state index is 13.4. The van der Waals surface area contributed by atoms with Crippen LogP contribution < -0.4 is 5.43 Å². The Morgan fingerprint density at radius 3 is 2.52 bits per heavy atom. The summed E-state index contributed by atoms with van der Waals surface area (Å²) < 4.78 is 18.7. The molecule has 6 nitrogen and oxygen atoms in total. The van der Waals surface area contributed by atoms with E-state index in [-0.39, 0.29) is 29.6 Å². The van der Waals surface area contributed by atoms with Crippen LogP contribution in [0.4, 0.5) is 4.39 Å². The van der Waals surface area contributed by atoms with Crippen LogP contribution in [-0.2, 0) is 9.53 Å². The lowest BCUT2D eigenvalue weighted by molar-refractivity contribution is -0.133. The Labute approximate surface area is 181 Å². The average Bonchev–Trinajstić information content (AvgIpc) is 2.79. The summed E-state index contributed by atoms with van der Waals surface area (Å²) in [7, 11) is 0. The SMILES string of the molecule is Cc1cccc(C2CCC(C(=O)NN3CCOCC3)CN2C(=O)c2ccc(F)cc2)c1. The Hall–Kier alpha value is -2.77. The van der Waals surface area contributed by atoms with Crippen LogP contribution >= 0.6 is 0 Å². The van der Waals surface area contributed by atoms with Crippen LogP contribution in [-0.4, -0.2) is 54.6 Å². The number of aryl methyl sites for hydroxylation is 1. The highest BCUT2D eigenvalue weighted by atomic mass is 19.1. The van der Waals surface area contributed by atoms with E-state index in [1.165, 1.54) is 24.3 Å². The van der Waals surface area contributed by atoms with Gasteiger partial charge in [0.25, 0.3) is 5.91 Å². The molecule has 2 saturated heterocycles. The monoisotopic (exact) mass is 425 g/mol. The van der Waals surface area contributed by atoms with Gasteiger partial charge in [-0.3, -0.25) is 15.0 Å². The lowest BCUT2D eigenvalue weighted by Crippen LogP contribution is -2.53. The van der Waals surface area contributed by atoms with Gasteiger partial charge in [-0.15, -0.1) is 0 Å². The average molecular weight is 426 g/mol. The summed E-state index contributed by atoms with van der Waals surface area (Å²) >= 11 is 0. The first kappa shape index (κ1) is 21.5. The van der Waals surface area contributed by atoms with E-state index in [1.807, 2.05) is 30.1 Å². The van der Waals surface area contributed by atoms with Gasteiger partial charge in [-0.2, -0.15) is 0 Å². The standard InChI is InChI=1S/C24H28FN3O3/c1-17-3-2-4-19(15-17)22-10-7-20(23(29)26-27-11-13-31-14-12-27)16-28(22)24(30)18-5-8-21(25)9-6-18/h2-6,8-9,15,20,22H,7,10-14,16H2,1H3,(H,26,29). The predicted octanol–water partition coefficient (Wildman–Crippen LogP) is 3.09. The number of piperidine rings is 1. The van der Waals surface area contributed by atoms with E-state index in [9.17, 15) is 14.0 Å². The molecule has 0 radical (unpaired) electrons. The van der Waals surface area contributed by atoms with Gasteiger partial charge >= 0.3 is 0 Å². The summed E-state index contributed by atoms with van der Waals surface area (Å²) in [6.07, 6.45) is 1.39. The molecule has 2 aliphatic rings. The number of benzene rings is 2. The fraction of sp³-hybridized carbons (Fsp3) is 0.417. The van der Waals surface area contributed by atoms with Gasteiger partial charge in [-0.25, -0.2) is 9.40 Å². The van der Waals surface area contributed by atoms with Gasteiger partial charge < -0.3 is 9.64 Å². The zero-order valence-corrected chi connectivity index (χ0v) is 17.7. The van der Waals surface area contributed by atoms with E-state index >= 15 is 0 Å². The molecule has 2 heterocycles. The minimum Gasteiger partial charge on any atom is -0.379 e. The molecule has 2 unspecified atom stereocenters. The Kier molecular flexibility index (Phi) is 6.63. The molecule has 164 valence electrons. The van der Waals surface area contributed by atoms with Crippen LogP contribution in [0.15, 0.2) is 48.5 Å². The summed E-state index contributed by atoms with van der Waals surface area (Å²) in [5.74, 6) is -0.932. The number of likely N-dealkylation sites (tertiary alicyclic amines) is 1. The number of hydrazine groups is 1. The van der Waals surface area contributed by atoms with Crippen LogP contribution in [0.5, 0.6) is 0 Å². The number of carbonyl (C=O) groups excluding carboxylic acids is 2. The number of rotatable bonds is 4. The van der Waals surface area contributed by atoms with Gasteiger partial charge in [0.2, 0.25) is 5.91 Å². The summed E-state index contributed by atoms with van der Waals surface area (Å²) in [4.78, 5) is 28.1. The van der Waals surface area contributed by atoms with Gasteiger partial charge in [0, 0.05) is 25.2 Å². The molecule has 2 atom stereocenters. The van der Waals surface area contributed by atoms with Crippen molar-refractivity contribution >= 4 is 11.8 Å². The van der Waals surface area contributed by atoms with E-state index in [2.05, 4.69) is 11.5 Å². The second-order valence-corrected chi connectivity index (χ2v) is 8.24. The number of hydrogen-bond acceptors (Lipinski definition) is 4. The molecular formula is C24H28FN3O3. The van der Waals surface area contributed by atoms with Crippen molar-refractivity contribution in [1.82, 2.24) is 15.3 Å². The van der Waals surface area contributed by atoms with Crippen molar-refractivity contribution < 1.29 is 18.7 Å². The predicted molar refractivity (Wildman–Crippen MR) is 115 cm³/mol. The lowest BCUT2D eigenvalue weighted by Gasteiger charge is -2.40. The number of ether oxygens (including phenoxy) is 1. The van der Waals surface area contributed by atoms with Gasteiger partial charge in [0.1, 0.15) is 5.82 Å². The minimum absolute atomic E-state index is 0.0681. The van der Waals surface area contributed by atoms with Crippen molar-refractivity contribution in [2.24, 2.45) is 5.92 Å². The molecule has 1 N–H and O–H groups in total. The summed E-state index contributed by atoms with van der Waals surface area (Å²) in [6, 6.07) is 13.6. The fourth-order valence-electron chi connectivity index (χ4n) is 4.31. The lowest BCUT2D eigenvalue weighted by atomic mass is 9.87. The number of amides is 2. The second-order valence-electron chi connectivity index (χ2n) is 8.24. The summed E-state index contributed by atoms with van der Waals surface area (Å²) in [6.45, 7) is 4.85. The van der Waals surface area contributed by atoms with Crippen molar-refractivity contribution in [3.63, 3.8) is 0 Å². The Balaban J connectivity index is 1.55.